The molecule has 1 N–H and O–H groups in total. The number of fused-ring (bicyclic) bond motifs is 1. The Kier molecular flexibility index (Phi) is 4.00. The van der Waals surface area contributed by atoms with Gasteiger partial charge in [0.15, 0.2) is 0 Å². The Morgan fingerprint density at radius 2 is 1.95 bits per heavy atom. The Morgan fingerprint density at radius 1 is 1.29 bits per heavy atom. The van der Waals surface area contributed by atoms with Gasteiger partial charge in [0, 0.05) is 23.3 Å². The van der Waals surface area contributed by atoms with Gasteiger partial charge in [-0.15, -0.1) is 11.3 Å². The molecule has 0 saturated carbocycles. The van der Waals surface area contributed by atoms with Gasteiger partial charge in [-0.2, -0.15) is 0 Å². The molecular formula is C17H21NO2S. The minimum Gasteiger partial charge on any atom is -0.477 e. The van der Waals surface area contributed by atoms with Crippen LogP contribution in [-0.4, -0.2) is 28.1 Å². The van der Waals surface area contributed by atoms with E-state index in [1.807, 2.05) is 24.3 Å². The molecule has 0 amide bonds. The van der Waals surface area contributed by atoms with Gasteiger partial charge in [-0.3, -0.25) is 4.90 Å². The molecule has 0 bridgehead atoms. The van der Waals surface area contributed by atoms with Crippen molar-refractivity contribution in [3.05, 3.63) is 34.7 Å². The van der Waals surface area contributed by atoms with E-state index < -0.39 is 5.97 Å². The van der Waals surface area contributed by atoms with Crippen LogP contribution in [0.2, 0.25) is 0 Å². The van der Waals surface area contributed by atoms with Crippen molar-refractivity contribution in [2.45, 2.75) is 51.7 Å². The third-order valence-corrected chi connectivity index (χ3v) is 5.81. The molecule has 1 aliphatic heterocycles. The van der Waals surface area contributed by atoms with E-state index in [0.717, 1.165) is 22.2 Å². The lowest BCUT2D eigenvalue weighted by Gasteiger charge is -2.39. The van der Waals surface area contributed by atoms with Crippen LogP contribution >= 0.6 is 11.3 Å². The summed E-state index contributed by atoms with van der Waals surface area (Å²) < 4.78 is 1.07. The average molecular weight is 303 g/mol. The van der Waals surface area contributed by atoms with E-state index in [1.54, 1.807) is 0 Å². The number of likely N-dealkylation sites (tertiary alicyclic amines) is 1. The molecule has 4 heteroatoms. The molecule has 2 atom stereocenters. The molecule has 3 rings (SSSR count). The lowest BCUT2D eigenvalue weighted by atomic mass is 9.96. The highest BCUT2D eigenvalue weighted by Gasteiger charge is 2.27. The van der Waals surface area contributed by atoms with Crippen LogP contribution in [-0.2, 0) is 6.54 Å². The summed E-state index contributed by atoms with van der Waals surface area (Å²) in [5.74, 6) is -0.802. The number of thiophene rings is 1. The topological polar surface area (TPSA) is 40.5 Å². The molecule has 0 aliphatic carbocycles. The van der Waals surface area contributed by atoms with Crippen molar-refractivity contribution in [3.63, 3.8) is 0 Å². The van der Waals surface area contributed by atoms with Gasteiger partial charge in [-0.25, -0.2) is 4.79 Å². The zero-order chi connectivity index (χ0) is 15.0. The van der Waals surface area contributed by atoms with Gasteiger partial charge < -0.3 is 5.11 Å². The van der Waals surface area contributed by atoms with Crippen LogP contribution in [0, 0.1) is 0 Å². The number of hydrogen-bond donors (Lipinski definition) is 1. The highest BCUT2D eigenvalue weighted by Crippen LogP contribution is 2.34. The van der Waals surface area contributed by atoms with Crippen molar-refractivity contribution in [2.24, 2.45) is 0 Å². The summed E-state index contributed by atoms with van der Waals surface area (Å²) in [6, 6.07) is 9.07. The second kappa shape index (κ2) is 5.78. The standard InChI is InChI=1S/C17H21NO2S/c1-11-6-5-7-12(2)18(11)10-14-13-8-3-4-9-15(13)21-16(14)17(19)20/h3-4,8-9,11-12H,5-7,10H2,1-2H3,(H,19,20). The zero-order valence-corrected chi connectivity index (χ0v) is 13.3. The summed E-state index contributed by atoms with van der Waals surface area (Å²) in [7, 11) is 0. The van der Waals surface area contributed by atoms with Crippen LogP contribution in [0.5, 0.6) is 0 Å². The third-order valence-electron chi connectivity index (χ3n) is 4.61. The molecule has 1 aromatic heterocycles. The van der Waals surface area contributed by atoms with Crippen LogP contribution in [0.15, 0.2) is 24.3 Å². The Bertz CT molecular complexity index is 654. The van der Waals surface area contributed by atoms with Crippen LogP contribution in [0.3, 0.4) is 0 Å². The van der Waals surface area contributed by atoms with Gasteiger partial charge >= 0.3 is 5.97 Å². The first-order chi connectivity index (χ1) is 10.1. The Balaban J connectivity index is 2.02. The van der Waals surface area contributed by atoms with E-state index in [4.69, 9.17) is 0 Å². The van der Waals surface area contributed by atoms with Gasteiger partial charge in [0.05, 0.1) is 0 Å². The molecule has 2 aromatic rings. The highest BCUT2D eigenvalue weighted by molar-refractivity contribution is 7.21. The van der Waals surface area contributed by atoms with Crippen molar-refractivity contribution in [3.8, 4) is 0 Å². The van der Waals surface area contributed by atoms with Crippen LogP contribution < -0.4 is 0 Å². The van der Waals surface area contributed by atoms with Crippen molar-refractivity contribution in [1.82, 2.24) is 4.90 Å². The fourth-order valence-electron chi connectivity index (χ4n) is 3.40. The maximum Gasteiger partial charge on any atom is 0.346 e. The Labute approximate surface area is 129 Å². The molecule has 1 saturated heterocycles. The Hall–Kier alpha value is -1.39. The second-order valence-corrected chi connectivity index (χ2v) is 7.06. The second-order valence-electron chi connectivity index (χ2n) is 6.01. The van der Waals surface area contributed by atoms with E-state index in [0.29, 0.717) is 17.0 Å². The molecule has 0 spiro atoms. The minimum absolute atomic E-state index is 0.501. The maximum absolute atomic E-state index is 11.6. The summed E-state index contributed by atoms with van der Waals surface area (Å²) >= 11 is 1.40. The lowest BCUT2D eigenvalue weighted by Crippen LogP contribution is -2.43. The number of carboxylic acid groups (broad SMARTS) is 1. The number of hydrogen-bond acceptors (Lipinski definition) is 3. The summed E-state index contributed by atoms with van der Waals surface area (Å²) in [5.41, 5.74) is 0.990. The molecule has 1 aromatic carbocycles. The SMILES string of the molecule is CC1CCCC(C)N1Cc1c(C(=O)O)sc2ccccc12. The number of rotatable bonds is 3. The molecule has 112 valence electrons. The predicted octanol–water partition coefficient (Wildman–Crippen LogP) is 4.36. The first-order valence-corrected chi connectivity index (χ1v) is 8.39. The molecule has 21 heavy (non-hydrogen) atoms. The van der Waals surface area contributed by atoms with Crippen LogP contribution in [0.1, 0.15) is 48.3 Å². The van der Waals surface area contributed by atoms with Gasteiger partial charge in [0.2, 0.25) is 0 Å². The third kappa shape index (κ3) is 2.70. The zero-order valence-electron chi connectivity index (χ0n) is 12.5. The lowest BCUT2D eigenvalue weighted by molar-refractivity contribution is 0.0692. The molecular weight excluding hydrogens is 282 g/mol. The summed E-state index contributed by atoms with van der Waals surface area (Å²) in [4.78, 5) is 14.6. The normalized spacial score (nSPS) is 23.5. The van der Waals surface area contributed by atoms with E-state index in [-0.39, 0.29) is 0 Å². The predicted molar refractivity (Wildman–Crippen MR) is 87.1 cm³/mol. The summed E-state index contributed by atoms with van der Waals surface area (Å²) in [6.45, 7) is 5.25. The first kappa shape index (κ1) is 14.5. The molecule has 2 unspecified atom stereocenters. The smallest absolute Gasteiger partial charge is 0.346 e. The largest absolute Gasteiger partial charge is 0.477 e. The molecule has 2 heterocycles. The fourth-order valence-corrected chi connectivity index (χ4v) is 4.45. The number of nitrogens with zero attached hydrogens (tertiary/aromatic N) is 1. The monoisotopic (exact) mass is 303 g/mol. The van der Waals surface area contributed by atoms with Crippen LogP contribution in [0.4, 0.5) is 0 Å². The average Bonchev–Trinajstić information content (AvgIpc) is 2.82. The van der Waals surface area contributed by atoms with E-state index in [1.165, 1.54) is 30.6 Å². The van der Waals surface area contributed by atoms with Gasteiger partial charge in [0.25, 0.3) is 0 Å². The summed E-state index contributed by atoms with van der Waals surface area (Å²) in [6.07, 6.45) is 3.68. The van der Waals surface area contributed by atoms with Crippen molar-refractivity contribution in [2.75, 3.05) is 0 Å². The first-order valence-electron chi connectivity index (χ1n) is 7.57. The highest BCUT2D eigenvalue weighted by atomic mass is 32.1. The van der Waals surface area contributed by atoms with E-state index in [2.05, 4.69) is 18.7 Å². The molecule has 0 radical (unpaired) electrons. The molecule has 1 fully saturated rings. The van der Waals surface area contributed by atoms with E-state index >= 15 is 0 Å². The summed E-state index contributed by atoms with van der Waals surface area (Å²) in [5, 5.41) is 10.6. The van der Waals surface area contributed by atoms with Crippen LogP contribution in [0.25, 0.3) is 10.1 Å². The van der Waals surface area contributed by atoms with Crippen molar-refractivity contribution in [1.29, 1.82) is 0 Å². The molecule has 3 nitrogen and oxygen atoms in total. The van der Waals surface area contributed by atoms with E-state index in [9.17, 15) is 9.90 Å². The van der Waals surface area contributed by atoms with Gasteiger partial charge in [-0.1, -0.05) is 24.6 Å². The number of benzene rings is 1. The van der Waals surface area contributed by atoms with Crippen molar-refractivity contribution >= 4 is 27.4 Å². The maximum atomic E-state index is 11.6. The number of piperidine rings is 1. The quantitative estimate of drug-likeness (QED) is 0.915. The van der Waals surface area contributed by atoms with Crippen molar-refractivity contribution < 1.29 is 9.90 Å². The Morgan fingerprint density at radius 3 is 2.62 bits per heavy atom. The van der Waals surface area contributed by atoms with Gasteiger partial charge in [0.1, 0.15) is 4.88 Å². The number of carboxylic acids is 1. The number of aromatic carboxylic acids is 1. The number of carbonyl (C=O) groups is 1. The minimum atomic E-state index is -0.802. The molecule has 1 aliphatic rings. The van der Waals surface area contributed by atoms with Gasteiger partial charge in [-0.05, 0) is 43.7 Å². The fraction of sp³-hybridized carbons (Fsp3) is 0.471.